The Kier molecular flexibility index (Phi) is 2.51. The molecule has 0 aliphatic carbocycles. The summed E-state index contributed by atoms with van der Waals surface area (Å²) in [6, 6.07) is 14.0. The zero-order valence-electron chi connectivity index (χ0n) is 8.14. The first-order valence-electron chi connectivity index (χ1n) is 4.59. The second-order valence-corrected chi connectivity index (χ2v) is 3.18. The molecule has 4 heteroatoms. The van der Waals surface area contributed by atoms with Crippen molar-refractivity contribution in [3.8, 4) is 0 Å². The summed E-state index contributed by atoms with van der Waals surface area (Å²) in [7, 11) is 0. The van der Waals surface area contributed by atoms with Crippen LogP contribution in [0.5, 0.6) is 0 Å². The molecule has 0 bridgehead atoms. The lowest BCUT2D eigenvalue weighted by molar-refractivity contribution is 1.00. The molecule has 0 atom stereocenters. The number of nitrogens with one attached hydrogen (secondary N) is 1. The summed E-state index contributed by atoms with van der Waals surface area (Å²) < 4.78 is 0. The molecule has 15 heavy (non-hydrogen) atoms. The minimum Gasteiger partial charge on any atom is -0.321 e. The van der Waals surface area contributed by atoms with E-state index in [9.17, 15) is 0 Å². The van der Waals surface area contributed by atoms with Crippen molar-refractivity contribution >= 4 is 16.6 Å². The third-order valence-corrected chi connectivity index (χ3v) is 2.29. The van der Waals surface area contributed by atoms with Gasteiger partial charge in [-0.3, -0.25) is 0 Å². The van der Waals surface area contributed by atoms with Crippen LogP contribution < -0.4 is 17.1 Å². The van der Waals surface area contributed by atoms with Gasteiger partial charge in [-0.2, -0.15) is 5.10 Å². The Balaban J connectivity index is 2.56. The summed E-state index contributed by atoms with van der Waals surface area (Å²) in [6.07, 6.45) is 0. The molecule has 2 rings (SSSR count). The van der Waals surface area contributed by atoms with Crippen molar-refractivity contribution in [2.24, 2.45) is 16.8 Å². The highest BCUT2D eigenvalue weighted by molar-refractivity contribution is 6.01. The highest BCUT2D eigenvalue weighted by Gasteiger charge is 2.01. The molecule has 0 fully saturated rings. The SMILES string of the molecule is N/N=C(\NN)c1ccc2ccccc2c1. The Morgan fingerprint density at radius 3 is 2.47 bits per heavy atom. The number of rotatable bonds is 1. The Bertz CT molecular complexity index is 505. The molecule has 4 nitrogen and oxygen atoms in total. The number of hydrazine groups is 1. The predicted molar refractivity (Wildman–Crippen MR) is 62.0 cm³/mol. The molecule has 0 saturated carbocycles. The Morgan fingerprint density at radius 2 is 1.80 bits per heavy atom. The third-order valence-electron chi connectivity index (χ3n) is 2.29. The van der Waals surface area contributed by atoms with Crippen molar-refractivity contribution in [1.29, 1.82) is 0 Å². The van der Waals surface area contributed by atoms with Crippen LogP contribution in [0, 0.1) is 0 Å². The fourth-order valence-corrected chi connectivity index (χ4v) is 1.53. The number of fused-ring (bicyclic) bond motifs is 1. The van der Waals surface area contributed by atoms with Crippen LogP contribution in [0.15, 0.2) is 47.6 Å². The van der Waals surface area contributed by atoms with Gasteiger partial charge in [-0.15, -0.1) is 0 Å². The number of nitrogens with two attached hydrogens (primary N) is 2. The fraction of sp³-hybridized carbons (Fsp3) is 0. The van der Waals surface area contributed by atoms with E-state index >= 15 is 0 Å². The first-order chi connectivity index (χ1) is 7.35. The van der Waals surface area contributed by atoms with Crippen LogP contribution in [0.25, 0.3) is 10.8 Å². The summed E-state index contributed by atoms with van der Waals surface area (Å²) in [6.45, 7) is 0. The molecule has 2 aromatic rings. The molecule has 0 aromatic heterocycles. The molecule has 2 aromatic carbocycles. The first-order valence-corrected chi connectivity index (χ1v) is 4.59. The molecule has 0 radical (unpaired) electrons. The van der Waals surface area contributed by atoms with Gasteiger partial charge in [0.2, 0.25) is 0 Å². The van der Waals surface area contributed by atoms with Crippen LogP contribution in [-0.2, 0) is 0 Å². The van der Waals surface area contributed by atoms with E-state index in [1.165, 1.54) is 5.39 Å². The topological polar surface area (TPSA) is 76.4 Å². The molecule has 0 unspecified atom stereocenters. The van der Waals surface area contributed by atoms with Crippen LogP contribution in [0.2, 0.25) is 0 Å². The molecule has 0 aliphatic rings. The van der Waals surface area contributed by atoms with Crippen LogP contribution in [0.4, 0.5) is 0 Å². The molecular formula is C11H12N4. The summed E-state index contributed by atoms with van der Waals surface area (Å²) >= 11 is 0. The van der Waals surface area contributed by atoms with Crippen LogP contribution >= 0.6 is 0 Å². The van der Waals surface area contributed by atoms with Gasteiger partial charge in [0.05, 0.1) is 0 Å². The second kappa shape index (κ2) is 3.98. The van der Waals surface area contributed by atoms with Gasteiger partial charge >= 0.3 is 0 Å². The van der Waals surface area contributed by atoms with Gasteiger partial charge in [0.1, 0.15) is 0 Å². The van der Waals surface area contributed by atoms with E-state index in [0.717, 1.165) is 10.9 Å². The van der Waals surface area contributed by atoms with E-state index in [1.54, 1.807) is 0 Å². The maximum atomic E-state index is 5.30. The lowest BCUT2D eigenvalue weighted by Gasteiger charge is -2.05. The molecule has 0 aliphatic heterocycles. The molecule has 0 spiro atoms. The van der Waals surface area contributed by atoms with Crippen molar-refractivity contribution < 1.29 is 0 Å². The number of hydrazone groups is 1. The molecular weight excluding hydrogens is 188 g/mol. The Labute approximate surface area is 87.5 Å². The lowest BCUT2D eigenvalue weighted by Crippen LogP contribution is -2.31. The van der Waals surface area contributed by atoms with E-state index in [-0.39, 0.29) is 0 Å². The van der Waals surface area contributed by atoms with E-state index in [2.05, 4.69) is 10.5 Å². The normalized spacial score (nSPS) is 11.7. The molecule has 5 N–H and O–H groups in total. The maximum Gasteiger partial charge on any atom is 0.166 e. The predicted octanol–water partition coefficient (Wildman–Crippen LogP) is 0.923. The van der Waals surface area contributed by atoms with Gasteiger partial charge in [0, 0.05) is 5.56 Å². The fourth-order valence-electron chi connectivity index (χ4n) is 1.53. The summed E-state index contributed by atoms with van der Waals surface area (Å²) in [5.41, 5.74) is 3.33. The van der Waals surface area contributed by atoms with Gasteiger partial charge in [-0.25, -0.2) is 5.84 Å². The zero-order chi connectivity index (χ0) is 10.7. The molecule has 76 valence electrons. The highest BCUT2D eigenvalue weighted by Crippen LogP contribution is 2.15. The van der Waals surface area contributed by atoms with Crippen molar-refractivity contribution in [3.05, 3.63) is 48.0 Å². The molecule has 0 amide bonds. The van der Waals surface area contributed by atoms with Crippen LogP contribution in [-0.4, -0.2) is 5.84 Å². The third kappa shape index (κ3) is 1.75. The second-order valence-electron chi connectivity index (χ2n) is 3.18. The average Bonchev–Trinajstić information content (AvgIpc) is 2.30. The molecule has 0 heterocycles. The Hall–Kier alpha value is -2.07. The van der Waals surface area contributed by atoms with Gasteiger partial charge in [-0.05, 0) is 16.8 Å². The number of benzene rings is 2. The minimum atomic E-state index is 0.473. The van der Waals surface area contributed by atoms with Crippen LogP contribution in [0.3, 0.4) is 0 Å². The standard InChI is InChI=1S/C11H12N4/c12-14-11(15-13)10-6-5-8-3-1-2-4-9(8)7-10/h1-7H,12-13H2,(H,14,15). The maximum absolute atomic E-state index is 5.30. The quantitative estimate of drug-likeness (QED) is 0.277. The smallest absolute Gasteiger partial charge is 0.166 e. The van der Waals surface area contributed by atoms with Gasteiger partial charge in [-0.1, -0.05) is 36.4 Å². The highest BCUT2D eigenvalue weighted by atomic mass is 15.3. The van der Waals surface area contributed by atoms with Crippen LogP contribution in [0.1, 0.15) is 5.56 Å². The average molecular weight is 200 g/mol. The van der Waals surface area contributed by atoms with Gasteiger partial charge in [0.25, 0.3) is 0 Å². The summed E-state index contributed by atoms with van der Waals surface area (Å²) in [5, 5.41) is 5.87. The number of hydrogen-bond acceptors (Lipinski definition) is 3. The van der Waals surface area contributed by atoms with Crippen molar-refractivity contribution in [2.75, 3.05) is 0 Å². The number of amidine groups is 1. The summed E-state index contributed by atoms with van der Waals surface area (Å²) in [4.78, 5) is 0. The zero-order valence-corrected chi connectivity index (χ0v) is 8.14. The summed E-state index contributed by atoms with van der Waals surface area (Å²) in [5.74, 6) is 11.0. The monoisotopic (exact) mass is 200 g/mol. The van der Waals surface area contributed by atoms with Gasteiger partial charge in [0.15, 0.2) is 5.84 Å². The number of hydrogen-bond donors (Lipinski definition) is 3. The van der Waals surface area contributed by atoms with Crippen molar-refractivity contribution in [3.63, 3.8) is 0 Å². The lowest BCUT2D eigenvalue weighted by atomic mass is 10.1. The van der Waals surface area contributed by atoms with E-state index in [4.69, 9.17) is 11.7 Å². The van der Waals surface area contributed by atoms with E-state index in [0.29, 0.717) is 5.84 Å². The van der Waals surface area contributed by atoms with E-state index in [1.807, 2.05) is 42.5 Å². The van der Waals surface area contributed by atoms with Crippen molar-refractivity contribution in [2.45, 2.75) is 0 Å². The van der Waals surface area contributed by atoms with Crippen molar-refractivity contribution in [1.82, 2.24) is 5.43 Å². The van der Waals surface area contributed by atoms with Gasteiger partial charge < -0.3 is 11.3 Å². The Morgan fingerprint density at radius 1 is 1.07 bits per heavy atom. The van der Waals surface area contributed by atoms with E-state index < -0.39 is 0 Å². The largest absolute Gasteiger partial charge is 0.321 e. The molecule has 0 saturated heterocycles. The first kappa shape index (κ1) is 9.48. The minimum absolute atomic E-state index is 0.473. The number of nitrogens with zero attached hydrogens (tertiary/aromatic N) is 1.